The molecule has 1 atom stereocenters. The molecule has 1 fully saturated rings. The molecule has 5 heteroatoms. The zero-order valence-corrected chi connectivity index (χ0v) is 11.9. The third kappa shape index (κ3) is 3.16. The molecule has 0 amide bonds. The van der Waals surface area contributed by atoms with Crippen molar-refractivity contribution < 1.29 is 9.47 Å². The molecule has 0 bridgehead atoms. The maximum Gasteiger partial charge on any atom is 0.106 e. The maximum atomic E-state index is 6.13. The van der Waals surface area contributed by atoms with E-state index in [1.165, 1.54) is 0 Å². The van der Waals surface area contributed by atoms with Crippen molar-refractivity contribution in [3.8, 4) is 0 Å². The Morgan fingerprint density at radius 3 is 2.94 bits per heavy atom. The van der Waals surface area contributed by atoms with Crippen molar-refractivity contribution in [2.75, 3.05) is 26.9 Å². The fraction of sp³-hybridized carbons (Fsp3) is 0.538. The Balaban J connectivity index is 1.90. The van der Waals surface area contributed by atoms with E-state index in [9.17, 15) is 0 Å². The van der Waals surface area contributed by atoms with Gasteiger partial charge in [-0.05, 0) is 11.6 Å². The second kappa shape index (κ2) is 6.22. The number of hydrogen-bond donors (Lipinski definition) is 1. The highest BCUT2D eigenvalue weighted by Crippen LogP contribution is 2.26. The molecular formula is C13H17Cl2NO2. The molecule has 1 unspecified atom stereocenters. The van der Waals surface area contributed by atoms with Gasteiger partial charge in [0.1, 0.15) is 5.60 Å². The van der Waals surface area contributed by atoms with Gasteiger partial charge in [-0.25, -0.2) is 0 Å². The van der Waals surface area contributed by atoms with Gasteiger partial charge in [-0.1, -0.05) is 35.3 Å². The van der Waals surface area contributed by atoms with E-state index in [2.05, 4.69) is 5.32 Å². The number of rotatable bonds is 5. The van der Waals surface area contributed by atoms with Crippen LogP contribution in [0, 0.1) is 0 Å². The molecule has 2 rings (SSSR count). The molecule has 3 nitrogen and oxygen atoms in total. The Hall–Kier alpha value is -0.320. The maximum absolute atomic E-state index is 6.13. The second-order valence-electron chi connectivity index (χ2n) is 4.51. The SMILES string of the molecule is COC1(CNCc2cccc(Cl)c2Cl)CCOC1. The van der Waals surface area contributed by atoms with Crippen molar-refractivity contribution in [3.05, 3.63) is 33.8 Å². The lowest BCUT2D eigenvalue weighted by molar-refractivity contribution is -0.0159. The number of hydrogen-bond acceptors (Lipinski definition) is 3. The fourth-order valence-corrected chi connectivity index (χ4v) is 2.46. The zero-order chi connectivity index (χ0) is 13.0. The van der Waals surface area contributed by atoms with Gasteiger partial charge in [-0.2, -0.15) is 0 Å². The topological polar surface area (TPSA) is 30.5 Å². The van der Waals surface area contributed by atoms with Crippen molar-refractivity contribution in [1.29, 1.82) is 0 Å². The molecular weight excluding hydrogens is 273 g/mol. The standard InChI is InChI=1S/C13H17Cl2NO2/c1-17-13(5-6-18-9-13)8-16-7-10-3-2-4-11(14)12(10)15/h2-4,16H,5-9H2,1H3. The summed E-state index contributed by atoms with van der Waals surface area (Å²) in [7, 11) is 1.72. The van der Waals surface area contributed by atoms with Crippen molar-refractivity contribution >= 4 is 23.2 Å². The predicted octanol–water partition coefficient (Wildman–Crippen LogP) is 2.89. The number of nitrogens with one attached hydrogen (secondary N) is 1. The van der Waals surface area contributed by atoms with E-state index in [4.69, 9.17) is 32.7 Å². The van der Waals surface area contributed by atoms with E-state index in [0.717, 1.165) is 25.1 Å². The molecule has 1 aliphatic heterocycles. The van der Waals surface area contributed by atoms with Gasteiger partial charge in [0.2, 0.25) is 0 Å². The lowest BCUT2D eigenvalue weighted by Crippen LogP contribution is -2.42. The normalized spacial score (nSPS) is 23.5. The summed E-state index contributed by atoms with van der Waals surface area (Å²) in [5.41, 5.74) is 0.791. The Kier molecular flexibility index (Phi) is 4.87. The highest BCUT2D eigenvalue weighted by Gasteiger charge is 2.34. The van der Waals surface area contributed by atoms with E-state index in [0.29, 0.717) is 23.2 Å². The molecule has 1 aliphatic rings. The van der Waals surface area contributed by atoms with Gasteiger partial charge in [0.15, 0.2) is 0 Å². The summed E-state index contributed by atoms with van der Waals surface area (Å²) >= 11 is 12.1. The van der Waals surface area contributed by atoms with Gasteiger partial charge in [-0.3, -0.25) is 0 Å². The number of halogens is 2. The first-order valence-electron chi connectivity index (χ1n) is 5.93. The average molecular weight is 290 g/mol. The molecule has 0 saturated carbocycles. The minimum Gasteiger partial charge on any atom is -0.378 e. The highest BCUT2D eigenvalue weighted by molar-refractivity contribution is 6.42. The average Bonchev–Trinajstić information content (AvgIpc) is 2.84. The molecule has 1 N–H and O–H groups in total. The quantitative estimate of drug-likeness (QED) is 0.904. The Bertz CT molecular complexity index is 406. The summed E-state index contributed by atoms with van der Waals surface area (Å²) in [6.07, 6.45) is 0.916. The van der Waals surface area contributed by atoms with E-state index >= 15 is 0 Å². The first-order valence-corrected chi connectivity index (χ1v) is 6.69. The minimum absolute atomic E-state index is 0.203. The van der Waals surface area contributed by atoms with Crippen LogP contribution in [0.5, 0.6) is 0 Å². The molecule has 100 valence electrons. The summed E-state index contributed by atoms with van der Waals surface area (Å²) in [4.78, 5) is 0. The summed E-state index contributed by atoms with van der Waals surface area (Å²) in [5.74, 6) is 0. The summed E-state index contributed by atoms with van der Waals surface area (Å²) in [6, 6.07) is 5.65. The summed E-state index contributed by atoms with van der Waals surface area (Å²) in [5, 5.41) is 4.55. The van der Waals surface area contributed by atoms with Gasteiger partial charge in [0.25, 0.3) is 0 Å². The largest absolute Gasteiger partial charge is 0.378 e. The van der Waals surface area contributed by atoms with Crippen LogP contribution >= 0.6 is 23.2 Å². The Labute approximate surface area is 117 Å². The second-order valence-corrected chi connectivity index (χ2v) is 5.29. The van der Waals surface area contributed by atoms with Gasteiger partial charge in [0, 0.05) is 33.2 Å². The molecule has 0 spiro atoms. The molecule has 1 heterocycles. The number of benzene rings is 1. The van der Waals surface area contributed by atoms with Crippen molar-refractivity contribution in [1.82, 2.24) is 5.32 Å². The molecule has 0 radical (unpaired) electrons. The van der Waals surface area contributed by atoms with Crippen LogP contribution in [0.25, 0.3) is 0 Å². The molecule has 0 aromatic heterocycles. The molecule has 18 heavy (non-hydrogen) atoms. The lowest BCUT2D eigenvalue weighted by Gasteiger charge is -2.26. The zero-order valence-electron chi connectivity index (χ0n) is 10.3. The molecule has 1 aromatic carbocycles. The van der Waals surface area contributed by atoms with Crippen LogP contribution in [0.2, 0.25) is 10.0 Å². The van der Waals surface area contributed by atoms with E-state index in [1.807, 2.05) is 12.1 Å². The molecule has 0 aliphatic carbocycles. The third-order valence-corrected chi connectivity index (χ3v) is 4.15. The van der Waals surface area contributed by atoms with Crippen LogP contribution in [-0.4, -0.2) is 32.5 Å². The minimum atomic E-state index is -0.203. The van der Waals surface area contributed by atoms with Crippen molar-refractivity contribution in [2.45, 2.75) is 18.6 Å². The lowest BCUT2D eigenvalue weighted by atomic mass is 10.0. The van der Waals surface area contributed by atoms with Gasteiger partial charge in [-0.15, -0.1) is 0 Å². The van der Waals surface area contributed by atoms with Crippen LogP contribution in [0.4, 0.5) is 0 Å². The first kappa shape index (κ1) is 14.1. The first-order chi connectivity index (χ1) is 8.67. The molecule has 1 saturated heterocycles. The highest BCUT2D eigenvalue weighted by atomic mass is 35.5. The fourth-order valence-electron chi connectivity index (χ4n) is 2.07. The number of ether oxygens (including phenoxy) is 2. The van der Waals surface area contributed by atoms with Gasteiger partial charge >= 0.3 is 0 Å². The molecule has 1 aromatic rings. The van der Waals surface area contributed by atoms with E-state index in [1.54, 1.807) is 13.2 Å². The Morgan fingerprint density at radius 2 is 2.28 bits per heavy atom. The van der Waals surface area contributed by atoms with Gasteiger partial charge < -0.3 is 14.8 Å². The predicted molar refractivity (Wildman–Crippen MR) is 73.3 cm³/mol. The third-order valence-electron chi connectivity index (χ3n) is 3.29. The van der Waals surface area contributed by atoms with Crippen LogP contribution in [0.3, 0.4) is 0 Å². The van der Waals surface area contributed by atoms with Crippen LogP contribution in [0.1, 0.15) is 12.0 Å². The number of methoxy groups -OCH3 is 1. The summed E-state index contributed by atoms with van der Waals surface area (Å²) < 4.78 is 10.9. The van der Waals surface area contributed by atoms with E-state index in [-0.39, 0.29) is 5.60 Å². The van der Waals surface area contributed by atoms with Gasteiger partial charge in [0.05, 0.1) is 16.7 Å². The van der Waals surface area contributed by atoms with Crippen LogP contribution < -0.4 is 5.32 Å². The van der Waals surface area contributed by atoms with Crippen LogP contribution in [-0.2, 0) is 16.0 Å². The van der Waals surface area contributed by atoms with Crippen molar-refractivity contribution in [3.63, 3.8) is 0 Å². The van der Waals surface area contributed by atoms with E-state index < -0.39 is 0 Å². The van der Waals surface area contributed by atoms with Crippen LogP contribution in [0.15, 0.2) is 18.2 Å². The summed E-state index contributed by atoms with van der Waals surface area (Å²) in [6.45, 7) is 2.81. The monoisotopic (exact) mass is 289 g/mol. The Morgan fingerprint density at radius 1 is 1.44 bits per heavy atom. The smallest absolute Gasteiger partial charge is 0.106 e. The van der Waals surface area contributed by atoms with Crippen molar-refractivity contribution in [2.24, 2.45) is 0 Å².